The second kappa shape index (κ2) is 8.22. The smallest absolute Gasteiger partial charge is 0.223 e. The molecule has 1 aromatic rings. The molecule has 0 spiro atoms. The first-order valence-corrected chi connectivity index (χ1v) is 8.69. The summed E-state index contributed by atoms with van der Waals surface area (Å²) in [6.45, 7) is 5.77. The summed E-state index contributed by atoms with van der Waals surface area (Å²) < 4.78 is 0. The molecule has 1 N–H and O–H groups in total. The van der Waals surface area contributed by atoms with Crippen molar-refractivity contribution < 1.29 is 9.59 Å². The summed E-state index contributed by atoms with van der Waals surface area (Å²) in [5.74, 6) is 0.278. The quantitative estimate of drug-likeness (QED) is 0.848. The van der Waals surface area contributed by atoms with Gasteiger partial charge in [0.2, 0.25) is 11.8 Å². The van der Waals surface area contributed by atoms with Gasteiger partial charge < -0.3 is 10.2 Å². The van der Waals surface area contributed by atoms with Crippen LogP contribution >= 0.6 is 11.8 Å². The molecule has 0 unspecified atom stereocenters. The number of likely N-dealkylation sites (tertiary alicyclic amines) is 1. The highest BCUT2D eigenvalue weighted by Gasteiger charge is 2.25. The van der Waals surface area contributed by atoms with Crippen molar-refractivity contribution >= 4 is 23.6 Å². The maximum absolute atomic E-state index is 12.2. The van der Waals surface area contributed by atoms with Gasteiger partial charge >= 0.3 is 0 Å². The lowest BCUT2D eigenvalue weighted by Crippen LogP contribution is -2.43. The Labute approximate surface area is 136 Å². The SMILES string of the molecule is CC(=O)N1CCC(C(=O)NC[C@H](C)Sc2ccccc2)CC1. The third-order valence-electron chi connectivity index (χ3n) is 3.96. The summed E-state index contributed by atoms with van der Waals surface area (Å²) in [5.41, 5.74) is 0. The largest absolute Gasteiger partial charge is 0.355 e. The van der Waals surface area contributed by atoms with Crippen LogP contribution in [0.4, 0.5) is 0 Å². The van der Waals surface area contributed by atoms with Crippen molar-refractivity contribution in [2.24, 2.45) is 5.92 Å². The van der Waals surface area contributed by atoms with Gasteiger partial charge in [-0.3, -0.25) is 9.59 Å². The van der Waals surface area contributed by atoms with Gasteiger partial charge in [0, 0.05) is 42.6 Å². The van der Waals surface area contributed by atoms with Crippen LogP contribution in [0.15, 0.2) is 35.2 Å². The minimum atomic E-state index is 0.0459. The molecule has 1 aliphatic rings. The van der Waals surface area contributed by atoms with Crippen LogP contribution in [0.5, 0.6) is 0 Å². The molecule has 0 bridgehead atoms. The van der Waals surface area contributed by atoms with E-state index in [1.54, 1.807) is 18.7 Å². The van der Waals surface area contributed by atoms with Gasteiger partial charge in [-0.05, 0) is 25.0 Å². The first kappa shape index (κ1) is 16.9. The number of carbonyl (C=O) groups excluding carboxylic acids is 2. The number of hydrogen-bond donors (Lipinski definition) is 1. The average molecular weight is 320 g/mol. The minimum Gasteiger partial charge on any atom is -0.355 e. The van der Waals surface area contributed by atoms with E-state index in [2.05, 4.69) is 24.4 Å². The zero-order valence-electron chi connectivity index (χ0n) is 13.2. The normalized spacial score (nSPS) is 17.1. The molecule has 2 amide bonds. The molecule has 1 saturated heterocycles. The monoisotopic (exact) mass is 320 g/mol. The highest BCUT2D eigenvalue weighted by Crippen LogP contribution is 2.22. The maximum atomic E-state index is 12.2. The summed E-state index contributed by atoms with van der Waals surface area (Å²) in [5, 5.41) is 3.39. The second-order valence-electron chi connectivity index (χ2n) is 5.77. The van der Waals surface area contributed by atoms with Crippen molar-refractivity contribution in [2.45, 2.75) is 36.8 Å². The standard InChI is InChI=1S/C17H24N2O2S/c1-13(22-16-6-4-3-5-7-16)12-18-17(21)15-8-10-19(11-9-15)14(2)20/h3-7,13,15H,8-12H2,1-2H3,(H,18,21)/t13-/m0/s1. The topological polar surface area (TPSA) is 49.4 Å². The Morgan fingerprint density at radius 3 is 2.50 bits per heavy atom. The van der Waals surface area contributed by atoms with Gasteiger partial charge in [-0.1, -0.05) is 25.1 Å². The predicted molar refractivity (Wildman–Crippen MR) is 89.7 cm³/mol. The average Bonchev–Trinajstić information content (AvgIpc) is 2.53. The third-order valence-corrected chi connectivity index (χ3v) is 5.07. The van der Waals surface area contributed by atoms with Crippen LogP contribution in [0, 0.1) is 5.92 Å². The van der Waals surface area contributed by atoms with Crippen LogP contribution in [-0.2, 0) is 9.59 Å². The van der Waals surface area contributed by atoms with E-state index < -0.39 is 0 Å². The number of benzene rings is 1. The van der Waals surface area contributed by atoms with E-state index in [1.807, 2.05) is 23.1 Å². The fraction of sp³-hybridized carbons (Fsp3) is 0.529. The first-order chi connectivity index (χ1) is 10.6. The molecular formula is C17H24N2O2S. The Bertz CT molecular complexity index is 499. The number of piperidine rings is 1. The van der Waals surface area contributed by atoms with Crippen molar-refractivity contribution in [1.82, 2.24) is 10.2 Å². The second-order valence-corrected chi connectivity index (χ2v) is 7.28. The van der Waals surface area contributed by atoms with Crippen LogP contribution in [0.3, 0.4) is 0 Å². The molecule has 0 aliphatic carbocycles. The van der Waals surface area contributed by atoms with Gasteiger partial charge in [-0.15, -0.1) is 11.8 Å². The molecule has 1 heterocycles. The van der Waals surface area contributed by atoms with Gasteiger partial charge in [0.05, 0.1) is 0 Å². The molecular weight excluding hydrogens is 296 g/mol. The molecule has 1 aliphatic heterocycles. The number of hydrogen-bond acceptors (Lipinski definition) is 3. The van der Waals surface area contributed by atoms with Crippen molar-refractivity contribution in [3.8, 4) is 0 Å². The lowest BCUT2D eigenvalue weighted by atomic mass is 9.96. The first-order valence-electron chi connectivity index (χ1n) is 7.81. The Balaban J connectivity index is 1.70. The Morgan fingerprint density at radius 2 is 1.91 bits per heavy atom. The van der Waals surface area contributed by atoms with Crippen LogP contribution in [0.25, 0.3) is 0 Å². The van der Waals surface area contributed by atoms with Crippen molar-refractivity contribution in [2.75, 3.05) is 19.6 Å². The Morgan fingerprint density at radius 1 is 1.27 bits per heavy atom. The van der Waals surface area contributed by atoms with E-state index in [-0.39, 0.29) is 17.7 Å². The van der Waals surface area contributed by atoms with E-state index in [1.165, 1.54) is 4.90 Å². The molecule has 120 valence electrons. The number of thioether (sulfide) groups is 1. The van der Waals surface area contributed by atoms with Crippen LogP contribution in [0.2, 0.25) is 0 Å². The highest BCUT2D eigenvalue weighted by atomic mass is 32.2. The van der Waals surface area contributed by atoms with Crippen LogP contribution < -0.4 is 5.32 Å². The number of rotatable bonds is 5. The molecule has 0 saturated carbocycles. The Kier molecular flexibility index (Phi) is 6.31. The Hall–Kier alpha value is -1.49. The van der Waals surface area contributed by atoms with E-state index in [9.17, 15) is 9.59 Å². The van der Waals surface area contributed by atoms with Crippen LogP contribution in [-0.4, -0.2) is 41.6 Å². The van der Waals surface area contributed by atoms with Crippen molar-refractivity contribution in [1.29, 1.82) is 0 Å². The van der Waals surface area contributed by atoms with Gasteiger partial charge in [-0.25, -0.2) is 0 Å². The van der Waals surface area contributed by atoms with Gasteiger partial charge in [0.15, 0.2) is 0 Å². The molecule has 1 atom stereocenters. The number of carbonyl (C=O) groups is 2. The lowest BCUT2D eigenvalue weighted by molar-refractivity contribution is -0.133. The molecule has 1 fully saturated rings. The number of nitrogens with one attached hydrogen (secondary N) is 1. The molecule has 22 heavy (non-hydrogen) atoms. The zero-order valence-corrected chi connectivity index (χ0v) is 14.1. The zero-order chi connectivity index (χ0) is 15.9. The van der Waals surface area contributed by atoms with E-state index in [0.29, 0.717) is 24.9 Å². The molecule has 0 aromatic heterocycles. The van der Waals surface area contributed by atoms with Gasteiger partial charge in [0.1, 0.15) is 0 Å². The summed E-state index contributed by atoms with van der Waals surface area (Å²) in [4.78, 5) is 26.5. The number of nitrogens with zero attached hydrogens (tertiary/aromatic N) is 1. The van der Waals surface area contributed by atoms with Gasteiger partial charge in [-0.2, -0.15) is 0 Å². The molecule has 0 radical (unpaired) electrons. The fourth-order valence-corrected chi connectivity index (χ4v) is 3.56. The fourth-order valence-electron chi connectivity index (χ4n) is 2.62. The molecule has 2 rings (SSSR count). The molecule has 1 aromatic carbocycles. The van der Waals surface area contributed by atoms with Crippen molar-refractivity contribution in [3.05, 3.63) is 30.3 Å². The van der Waals surface area contributed by atoms with E-state index >= 15 is 0 Å². The van der Waals surface area contributed by atoms with E-state index in [0.717, 1.165) is 12.8 Å². The number of amides is 2. The summed E-state index contributed by atoms with van der Waals surface area (Å²) in [7, 11) is 0. The van der Waals surface area contributed by atoms with Crippen molar-refractivity contribution in [3.63, 3.8) is 0 Å². The lowest BCUT2D eigenvalue weighted by Gasteiger charge is -2.30. The summed E-state index contributed by atoms with van der Waals surface area (Å²) in [6.07, 6.45) is 1.54. The minimum absolute atomic E-state index is 0.0459. The maximum Gasteiger partial charge on any atom is 0.223 e. The predicted octanol–water partition coefficient (Wildman–Crippen LogP) is 2.54. The summed E-state index contributed by atoms with van der Waals surface area (Å²) >= 11 is 1.77. The highest BCUT2D eigenvalue weighted by molar-refractivity contribution is 8.00. The van der Waals surface area contributed by atoms with E-state index in [4.69, 9.17) is 0 Å². The third kappa shape index (κ3) is 5.05. The summed E-state index contributed by atoms with van der Waals surface area (Å²) in [6, 6.07) is 10.2. The van der Waals surface area contributed by atoms with Gasteiger partial charge in [0.25, 0.3) is 0 Å². The molecule has 5 heteroatoms. The van der Waals surface area contributed by atoms with Crippen LogP contribution in [0.1, 0.15) is 26.7 Å². The molecule has 4 nitrogen and oxygen atoms in total.